The van der Waals surface area contributed by atoms with Crippen LogP contribution in [-0.4, -0.2) is 14.2 Å². The maximum absolute atomic E-state index is 5.21. The highest BCUT2D eigenvalue weighted by molar-refractivity contribution is 9.10. The molecule has 2 aromatic rings. The molecule has 0 aliphatic heterocycles. The molecule has 0 saturated heterocycles. The van der Waals surface area contributed by atoms with Gasteiger partial charge in [-0.05, 0) is 36.2 Å². The molecule has 1 aromatic carbocycles. The molecule has 1 heterocycles. The lowest BCUT2D eigenvalue weighted by Crippen LogP contribution is -2.16. The maximum Gasteiger partial charge on any atom is 0.120 e. The van der Waals surface area contributed by atoms with Crippen LogP contribution in [0.5, 0.6) is 5.75 Å². The van der Waals surface area contributed by atoms with Crippen LogP contribution in [0.1, 0.15) is 16.5 Å². The molecule has 0 fully saturated rings. The van der Waals surface area contributed by atoms with E-state index < -0.39 is 0 Å². The summed E-state index contributed by atoms with van der Waals surface area (Å²) in [5.74, 6) is 0.863. The van der Waals surface area contributed by atoms with Gasteiger partial charge in [0.2, 0.25) is 0 Å². The molecule has 0 aliphatic carbocycles. The minimum atomic E-state index is 0.218. The third kappa shape index (κ3) is 2.70. The summed E-state index contributed by atoms with van der Waals surface area (Å²) in [5.41, 5.74) is 1.22. The maximum atomic E-state index is 5.21. The summed E-state index contributed by atoms with van der Waals surface area (Å²) < 4.78 is 6.27. The molecule has 0 amide bonds. The van der Waals surface area contributed by atoms with E-state index >= 15 is 0 Å². The van der Waals surface area contributed by atoms with Crippen molar-refractivity contribution in [2.24, 2.45) is 0 Å². The van der Waals surface area contributed by atoms with Crippen molar-refractivity contribution >= 4 is 27.3 Å². The predicted octanol–water partition coefficient (Wildman–Crippen LogP) is 3.83. The first-order chi connectivity index (χ1) is 8.26. The molecule has 0 saturated carbocycles. The summed E-state index contributed by atoms with van der Waals surface area (Å²) in [6, 6.07) is 10.5. The monoisotopic (exact) mass is 311 g/mol. The summed E-state index contributed by atoms with van der Waals surface area (Å²) >= 11 is 5.35. The van der Waals surface area contributed by atoms with Gasteiger partial charge in [-0.1, -0.05) is 28.1 Å². The smallest absolute Gasteiger partial charge is 0.120 e. The van der Waals surface area contributed by atoms with E-state index in [1.54, 1.807) is 18.4 Å². The zero-order valence-corrected chi connectivity index (χ0v) is 12.1. The van der Waals surface area contributed by atoms with Gasteiger partial charge in [0.1, 0.15) is 5.75 Å². The van der Waals surface area contributed by atoms with Gasteiger partial charge in [0.25, 0.3) is 0 Å². The Morgan fingerprint density at radius 1 is 1.35 bits per heavy atom. The van der Waals surface area contributed by atoms with Gasteiger partial charge in [0.05, 0.1) is 13.2 Å². The van der Waals surface area contributed by atoms with Gasteiger partial charge >= 0.3 is 0 Å². The Kier molecular flexibility index (Phi) is 4.20. The number of rotatable bonds is 4. The number of hydrogen-bond acceptors (Lipinski definition) is 3. The molecular formula is C13H14BrNOS. The Hall–Kier alpha value is -0.840. The summed E-state index contributed by atoms with van der Waals surface area (Å²) in [6.45, 7) is 0. The third-order valence-corrected chi connectivity index (χ3v) is 4.26. The van der Waals surface area contributed by atoms with E-state index in [4.69, 9.17) is 4.74 Å². The van der Waals surface area contributed by atoms with Crippen LogP contribution in [0.3, 0.4) is 0 Å². The summed E-state index contributed by atoms with van der Waals surface area (Å²) in [7, 11) is 3.65. The SMILES string of the molecule is CNC(c1cccs1)c1ccc(OC)cc1Br. The molecule has 0 spiro atoms. The van der Waals surface area contributed by atoms with Crippen LogP contribution >= 0.6 is 27.3 Å². The highest BCUT2D eigenvalue weighted by atomic mass is 79.9. The second-order valence-corrected chi connectivity index (χ2v) is 5.46. The highest BCUT2D eigenvalue weighted by Crippen LogP contribution is 2.32. The minimum absolute atomic E-state index is 0.218. The Labute approximate surface area is 114 Å². The van der Waals surface area contributed by atoms with Crippen LogP contribution in [0.25, 0.3) is 0 Å². The predicted molar refractivity (Wildman–Crippen MR) is 75.9 cm³/mol. The van der Waals surface area contributed by atoms with E-state index in [2.05, 4.69) is 44.8 Å². The van der Waals surface area contributed by atoms with Gasteiger partial charge in [-0.2, -0.15) is 0 Å². The van der Waals surface area contributed by atoms with E-state index in [9.17, 15) is 0 Å². The Bertz CT molecular complexity index is 484. The molecule has 1 aromatic heterocycles. The first kappa shape index (κ1) is 12.6. The standard InChI is InChI=1S/C13H14BrNOS/c1-15-13(12-4-3-7-17-12)10-6-5-9(16-2)8-11(10)14/h3-8,13,15H,1-2H3. The van der Waals surface area contributed by atoms with E-state index in [1.165, 1.54) is 10.4 Å². The van der Waals surface area contributed by atoms with Gasteiger partial charge < -0.3 is 10.1 Å². The fourth-order valence-electron chi connectivity index (χ4n) is 1.78. The normalized spacial score (nSPS) is 12.4. The molecule has 1 unspecified atom stereocenters. The summed E-state index contributed by atoms with van der Waals surface area (Å²) in [4.78, 5) is 1.30. The first-order valence-electron chi connectivity index (χ1n) is 5.30. The van der Waals surface area contributed by atoms with E-state index in [0.717, 1.165) is 10.2 Å². The van der Waals surface area contributed by atoms with Crippen LogP contribution in [0.2, 0.25) is 0 Å². The fourth-order valence-corrected chi connectivity index (χ4v) is 3.21. The molecule has 17 heavy (non-hydrogen) atoms. The fraction of sp³-hybridized carbons (Fsp3) is 0.231. The lowest BCUT2D eigenvalue weighted by Gasteiger charge is -2.17. The molecule has 4 heteroatoms. The lowest BCUT2D eigenvalue weighted by atomic mass is 10.1. The number of nitrogens with one attached hydrogen (secondary N) is 1. The van der Waals surface area contributed by atoms with Crippen molar-refractivity contribution in [3.05, 3.63) is 50.6 Å². The molecule has 0 aliphatic rings. The van der Waals surface area contributed by atoms with Gasteiger partial charge in [0, 0.05) is 9.35 Å². The average Bonchev–Trinajstić information content (AvgIpc) is 2.85. The molecule has 1 atom stereocenters. The summed E-state index contributed by atoms with van der Waals surface area (Å²) in [6.07, 6.45) is 0. The number of thiophene rings is 1. The minimum Gasteiger partial charge on any atom is -0.497 e. The van der Waals surface area contributed by atoms with Crippen molar-refractivity contribution < 1.29 is 4.74 Å². The van der Waals surface area contributed by atoms with Crippen LogP contribution in [0.4, 0.5) is 0 Å². The van der Waals surface area contributed by atoms with Gasteiger partial charge in [-0.15, -0.1) is 11.3 Å². The van der Waals surface area contributed by atoms with Crippen molar-refractivity contribution in [1.29, 1.82) is 0 Å². The zero-order chi connectivity index (χ0) is 12.3. The first-order valence-corrected chi connectivity index (χ1v) is 6.97. The van der Waals surface area contributed by atoms with Crippen molar-refractivity contribution in [3.63, 3.8) is 0 Å². The number of methoxy groups -OCH3 is 1. The highest BCUT2D eigenvalue weighted by Gasteiger charge is 2.16. The summed E-state index contributed by atoms with van der Waals surface area (Å²) in [5, 5.41) is 5.43. The topological polar surface area (TPSA) is 21.3 Å². The largest absolute Gasteiger partial charge is 0.497 e. The van der Waals surface area contributed by atoms with E-state index in [-0.39, 0.29) is 6.04 Å². The Balaban J connectivity index is 2.38. The molecular weight excluding hydrogens is 298 g/mol. The van der Waals surface area contributed by atoms with Crippen molar-refractivity contribution in [2.75, 3.05) is 14.2 Å². The van der Waals surface area contributed by atoms with Gasteiger partial charge in [-0.3, -0.25) is 0 Å². The zero-order valence-electron chi connectivity index (χ0n) is 9.74. The molecule has 2 nitrogen and oxygen atoms in total. The van der Waals surface area contributed by atoms with Gasteiger partial charge in [0.15, 0.2) is 0 Å². The number of hydrogen-bond donors (Lipinski definition) is 1. The van der Waals surface area contributed by atoms with Crippen LogP contribution < -0.4 is 10.1 Å². The van der Waals surface area contributed by atoms with Crippen LogP contribution in [0, 0.1) is 0 Å². The number of benzene rings is 1. The second kappa shape index (κ2) is 5.67. The van der Waals surface area contributed by atoms with E-state index in [0.29, 0.717) is 0 Å². The van der Waals surface area contributed by atoms with Crippen molar-refractivity contribution in [3.8, 4) is 5.75 Å². The quantitative estimate of drug-likeness (QED) is 0.926. The van der Waals surface area contributed by atoms with Crippen LogP contribution in [0.15, 0.2) is 40.2 Å². The molecule has 0 radical (unpaired) electrons. The molecule has 2 rings (SSSR count). The average molecular weight is 312 g/mol. The molecule has 1 N–H and O–H groups in total. The van der Waals surface area contributed by atoms with Crippen molar-refractivity contribution in [1.82, 2.24) is 5.32 Å². The van der Waals surface area contributed by atoms with Crippen LogP contribution in [-0.2, 0) is 0 Å². The third-order valence-electron chi connectivity index (χ3n) is 2.63. The second-order valence-electron chi connectivity index (χ2n) is 3.62. The Morgan fingerprint density at radius 2 is 2.18 bits per heavy atom. The Morgan fingerprint density at radius 3 is 2.71 bits per heavy atom. The van der Waals surface area contributed by atoms with Gasteiger partial charge in [-0.25, -0.2) is 0 Å². The number of halogens is 1. The molecule has 90 valence electrons. The van der Waals surface area contributed by atoms with E-state index in [1.807, 2.05) is 19.2 Å². The molecule has 0 bridgehead atoms. The van der Waals surface area contributed by atoms with Crippen molar-refractivity contribution in [2.45, 2.75) is 6.04 Å². The lowest BCUT2D eigenvalue weighted by molar-refractivity contribution is 0.414. The number of ether oxygens (including phenoxy) is 1.